The van der Waals surface area contributed by atoms with Crippen molar-refractivity contribution in [2.24, 2.45) is 0 Å². The summed E-state index contributed by atoms with van der Waals surface area (Å²) >= 11 is 1.38. The molecular formula is C16H18N2O4S. The van der Waals surface area contributed by atoms with Gasteiger partial charge in [0.1, 0.15) is 5.52 Å². The van der Waals surface area contributed by atoms with Crippen LogP contribution in [0.3, 0.4) is 0 Å². The van der Waals surface area contributed by atoms with Gasteiger partial charge >= 0.3 is 0 Å². The van der Waals surface area contributed by atoms with Crippen LogP contribution >= 0.6 is 11.3 Å². The minimum atomic E-state index is -0.201. The number of fused-ring (bicyclic) bond motifs is 3. The van der Waals surface area contributed by atoms with Crippen LogP contribution in [0, 0.1) is 0 Å². The molecule has 122 valence electrons. The number of carbonyl (C=O) groups is 1. The molecule has 7 heteroatoms. The average Bonchev–Trinajstić information content (AvgIpc) is 3.15. The van der Waals surface area contributed by atoms with E-state index < -0.39 is 0 Å². The van der Waals surface area contributed by atoms with Crippen molar-refractivity contribution in [1.29, 1.82) is 0 Å². The highest BCUT2D eigenvalue weighted by Crippen LogP contribution is 2.39. The van der Waals surface area contributed by atoms with Crippen LogP contribution in [-0.2, 0) is 4.84 Å². The number of hydroxylamine groups is 2. The summed E-state index contributed by atoms with van der Waals surface area (Å²) in [5.74, 6) is 1.24. The minimum absolute atomic E-state index is 0.168. The van der Waals surface area contributed by atoms with Crippen LogP contribution in [-0.4, -0.2) is 37.2 Å². The molecule has 1 aromatic carbocycles. The van der Waals surface area contributed by atoms with Gasteiger partial charge in [0.15, 0.2) is 17.2 Å². The second-order valence-corrected chi connectivity index (χ2v) is 6.55. The molecule has 0 spiro atoms. The van der Waals surface area contributed by atoms with Gasteiger partial charge in [-0.05, 0) is 6.07 Å². The SMILES string of the molecule is COc1cc2sc(C(=O)N(C)OC)cc2c2nc(C(C)C)oc12. The minimum Gasteiger partial charge on any atom is -0.493 e. The number of nitrogens with zero attached hydrogens (tertiary/aromatic N) is 2. The van der Waals surface area contributed by atoms with Crippen molar-refractivity contribution in [3.63, 3.8) is 0 Å². The zero-order chi connectivity index (χ0) is 16.7. The third kappa shape index (κ3) is 2.55. The van der Waals surface area contributed by atoms with Crippen LogP contribution in [0.25, 0.3) is 21.2 Å². The Morgan fingerprint density at radius 2 is 2.09 bits per heavy atom. The Morgan fingerprint density at radius 3 is 2.70 bits per heavy atom. The summed E-state index contributed by atoms with van der Waals surface area (Å²) in [6, 6.07) is 3.70. The van der Waals surface area contributed by atoms with Crippen molar-refractivity contribution < 1.29 is 18.8 Å². The molecule has 0 unspecified atom stereocenters. The van der Waals surface area contributed by atoms with E-state index in [4.69, 9.17) is 14.0 Å². The first-order chi connectivity index (χ1) is 11.0. The maximum absolute atomic E-state index is 12.3. The van der Waals surface area contributed by atoms with E-state index >= 15 is 0 Å². The van der Waals surface area contributed by atoms with E-state index in [-0.39, 0.29) is 11.8 Å². The average molecular weight is 334 g/mol. The number of amides is 1. The van der Waals surface area contributed by atoms with Crippen LogP contribution in [0.5, 0.6) is 5.75 Å². The number of hydrogen-bond acceptors (Lipinski definition) is 6. The van der Waals surface area contributed by atoms with Crippen molar-refractivity contribution in [2.45, 2.75) is 19.8 Å². The molecule has 2 heterocycles. The molecule has 23 heavy (non-hydrogen) atoms. The maximum Gasteiger partial charge on any atom is 0.287 e. The van der Waals surface area contributed by atoms with E-state index in [2.05, 4.69) is 4.98 Å². The molecule has 0 N–H and O–H groups in total. The van der Waals surface area contributed by atoms with E-state index in [0.29, 0.717) is 22.1 Å². The molecule has 2 aromatic heterocycles. The van der Waals surface area contributed by atoms with Crippen LogP contribution in [0.4, 0.5) is 0 Å². The van der Waals surface area contributed by atoms with Crippen LogP contribution in [0.2, 0.25) is 0 Å². The second-order valence-electron chi connectivity index (χ2n) is 5.47. The predicted molar refractivity (Wildman–Crippen MR) is 89.1 cm³/mol. The highest BCUT2D eigenvalue weighted by Gasteiger charge is 2.21. The van der Waals surface area contributed by atoms with Crippen molar-refractivity contribution >= 4 is 38.4 Å². The molecule has 6 nitrogen and oxygen atoms in total. The van der Waals surface area contributed by atoms with Crippen LogP contribution < -0.4 is 4.74 Å². The maximum atomic E-state index is 12.3. The van der Waals surface area contributed by atoms with E-state index in [0.717, 1.165) is 15.6 Å². The number of methoxy groups -OCH3 is 1. The summed E-state index contributed by atoms with van der Waals surface area (Å²) in [5, 5.41) is 2.08. The van der Waals surface area contributed by atoms with E-state index in [1.165, 1.54) is 23.5 Å². The molecular weight excluding hydrogens is 316 g/mol. The number of ether oxygens (including phenoxy) is 1. The molecule has 0 saturated carbocycles. The highest BCUT2D eigenvalue weighted by molar-refractivity contribution is 7.21. The van der Waals surface area contributed by atoms with Gasteiger partial charge in [-0.25, -0.2) is 10.0 Å². The van der Waals surface area contributed by atoms with Gasteiger partial charge in [0.05, 0.1) is 19.1 Å². The van der Waals surface area contributed by atoms with Crippen LogP contribution in [0.1, 0.15) is 35.3 Å². The van der Waals surface area contributed by atoms with Gasteiger partial charge in [-0.2, -0.15) is 0 Å². The molecule has 0 atom stereocenters. The molecule has 0 bridgehead atoms. The largest absolute Gasteiger partial charge is 0.493 e. The Balaban J connectivity index is 2.25. The van der Waals surface area contributed by atoms with Crippen LogP contribution in [0.15, 0.2) is 16.5 Å². The first kappa shape index (κ1) is 15.8. The first-order valence-electron chi connectivity index (χ1n) is 7.19. The number of aromatic nitrogens is 1. The lowest BCUT2D eigenvalue weighted by Crippen LogP contribution is -2.24. The highest BCUT2D eigenvalue weighted by atomic mass is 32.1. The molecule has 3 rings (SSSR count). The summed E-state index contributed by atoms with van der Waals surface area (Å²) < 4.78 is 12.2. The summed E-state index contributed by atoms with van der Waals surface area (Å²) in [6.45, 7) is 4.04. The predicted octanol–water partition coefficient (Wildman–Crippen LogP) is 3.81. The van der Waals surface area contributed by atoms with Gasteiger partial charge in [-0.3, -0.25) is 9.63 Å². The smallest absolute Gasteiger partial charge is 0.287 e. The number of thiophene rings is 1. The molecule has 0 aliphatic heterocycles. The fourth-order valence-electron chi connectivity index (χ4n) is 2.31. The van der Waals surface area contributed by atoms with Crippen molar-refractivity contribution in [1.82, 2.24) is 10.0 Å². The van der Waals surface area contributed by atoms with Gasteiger partial charge in [0.25, 0.3) is 5.91 Å². The van der Waals surface area contributed by atoms with E-state index in [1.54, 1.807) is 14.2 Å². The summed E-state index contributed by atoms with van der Waals surface area (Å²) in [4.78, 5) is 22.4. The number of oxazole rings is 1. The molecule has 0 aliphatic rings. The van der Waals surface area contributed by atoms with E-state index in [9.17, 15) is 4.79 Å². The number of hydrogen-bond donors (Lipinski definition) is 0. The van der Waals surface area contributed by atoms with Crippen molar-refractivity contribution in [2.75, 3.05) is 21.3 Å². The third-order valence-corrected chi connectivity index (χ3v) is 4.70. The molecule has 3 aromatic rings. The monoisotopic (exact) mass is 334 g/mol. The second kappa shape index (κ2) is 5.82. The fourth-order valence-corrected chi connectivity index (χ4v) is 3.37. The lowest BCUT2D eigenvalue weighted by molar-refractivity contribution is -0.0753. The Bertz CT molecular complexity index is 881. The number of benzene rings is 1. The summed E-state index contributed by atoms with van der Waals surface area (Å²) in [6.07, 6.45) is 0. The van der Waals surface area contributed by atoms with Gasteiger partial charge in [-0.15, -0.1) is 11.3 Å². The zero-order valence-electron chi connectivity index (χ0n) is 13.7. The molecule has 0 fully saturated rings. The third-order valence-electron chi connectivity index (χ3n) is 3.63. The quantitative estimate of drug-likeness (QED) is 0.679. The molecule has 1 amide bonds. The Morgan fingerprint density at radius 1 is 1.35 bits per heavy atom. The topological polar surface area (TPSA) is 64.8 Å². The van der Waals surface area contributed by atoms with Crippen molar-refractivity contribution in [3.05, 3.63) is 22.9 Å². The molecule has 0 radical (unpaired) electrons. The first-order valence-corrected chi connectivity index (χ1v) is 8.01. The van der Waals surface area contributed by atoms with Gasteiger partial charge in [-0.1, -0.05) is 13.8 Å². The molecule has 0 aliphatic carbocycles. The fraction of sp³-hybridized carbons (Fsp3) is 0.375. The Labute approximate surface area is 137 Å². The number of rotatable bonds is 4. The lowest BCUT2D eigenvalue weighted by atomic mass is 10.2. The standard InChI is InChI=1S/C16H18N2O4S/c1-8(2)15-17-13-9-6-12(16(19)18(3)21-5)23-11(9)7-10(20-4)14(13)22-15/h6-8H,1-5H3. The van der Waals surface area contributed by atoms with Gasteiger partial charge in [0, 0.05) is 29.1 Å². The zero-order valence-corrected chi connectivity index (χ0v) is 14.5. The Kier molecular flexibility index (Phi) is 3.99. The lowest BCUT2D eigenvalue weighted by Gasteiger charge is -2.11. The summed E-state index contributed by atoms with van der Waals surface area (Å²) in [5.41, 5.74) is 1.33. The van der Waals surface area contributed by atoms with E-state index in [1.807, 2.05) is 26.0 Å². The Hall–Kier alpha value is -2.12. The van der Waals surface area contributed by atoms with Gasteiger partial charge in [0.2, 0.25) is 0 Å². The number of carbonyl (C=O) groups excluding carboxylic acids is 1. The van der Waals surface area contributed by atoms with Gasteiger partial charge < -0.3 is 9.15 Å². The van der Waals surface area contributed by atoms with Crippen molar-refractivity contribution in [3.8, 4) is 5.75 Å². The molecule has 0 saturated heterocycles. The summed E-state index contributed by atoms with van der Waals surface area (Å²) in [7, 11) is 4.63. The normalized spacial score (nSPS) is 11.6.